The molecule has 0 saturated carbocycles. The van der Waals surface area contributed by atoms with Crippen molar-refractivity contribution in [2.75, 3.05) is 5.32 Å². The molecule has 4 aromatic rings. The quantitative estimate of drug-likeness (QED) is 0.272. The van der Waals surface area contributed by atoms with E-state index in [9.17, 15) is 19.7 Å². The van der Waals surface area contributed by atoms with Crippen LogP contribution in [0.4, 0.5) is 10.8 Å². The number of rotatable bonds is 6. The first kappa shape index (κ1) is 20.0. The van der Waals surface area contributed by atoms with Crippen molar-refractivity contribution in [1.29, 1.82) is 0 Å². The van der Waals surface area contributed by atoms with Crippen LogP contribution in [0.2, 0.25) is 0 Å². The van der Waals surface area contributed by atoms with Crippen molar-refractivity contribution in [1.82, 2.24) is 10.2 Å². The van der Waals surface area contributed by atoms with E-state index >= 15 is 0 Å². The number of hydrogen-bond acceptors (Lipinski definition) is 7. The van der Waals surface area contributed by atoms with E-state index in [-0.39, 0.29) is 16.6 Å². The number of non-ortho nitro benzene ring substituents is 1. The van der Waals surface area contributed by atoms with Crippen molar-refractivity contribution in [3.05, 3.63) is 106 Å². The van der Waals surface area contributed by atoms with Gasteiger partial charge in [-0.05, 0) is 12.1 Å². The Bertz CT molecular complexity index is 1270. The third kappa shape index (κ3) is 4.51. The van der Waals surface area contributed by atoms with Crippen LogP contribution in [0, 0.1) is 10.1 Å². The van der Waals surface area contributed by atoms with Crippen molar-refractivity contribution < 1.29 is 14.5 Å². The van der Waals surface area contributed by atoms with E-state index < -0.39 is 10.8 Å². The second kappa shape index (κ2) is 8.64. The highest BCUT2D eigenvalue weighted by Gasteiger charge is 2.15. The van der Waals surface area contributed by atoms with Crippen LogP contribution in [0.1, 0.15) is 26.3 Å². The average molecular weight is 430 g/mol. The minimum atomic E-state index is -0.487. The predicted molar refractivity (Wildman–Crippen MR) is 116 cm³/mol. The van der Waals surface area contributed by atoms with Gasteiger partial charge in [0.15, 0.2) is 5.78 Å². The Morgan fingerprint density at radius 2 is 1.52 bits per heavy atom. The molecular weight excluding hydrogens is 416 g/mol. The summed E-state index contributed by atoms with van der Waals surface area (Å²) in [6.45, 7) is 0. The Labute approximate surface area is 180 Å². The van der Waals surface area contributed by atoms with Crippen molar-refractivity contribution >= 4 is 33.8 Å². The maximum Gasteiger partial charge on any atom is 0.270 e. The van der Waals surface area contributed by atoms with Crippen LogP contribution in [-0.2, 0) is 0 Å². The summed E-state index contributed by atoms with van der Waals surface area (Å²) >= 11 is 1.10. The standard InChI is InChI=1S/C22H14N4O4S/c27-19(14-5-2-1-3-6-14)15-9-11-16(12-10-15)20(28)23-22-25-24-21(31-22)17-7-4-8-18(13-17)26(29)30/h1-13H,(H,23,25,28). The molecular formula is C22H14N4O4S. The maximum absolute atomic E-state index is 12.5. The first-order valence-corrected chi connectivity index (χ1v) is 9.92. The number of nitrogens with zero attached hydrogens (tertiary/aromatic N) is 3. The molecule has 8 nitrogen and oxygen atoms in total. The van der Waals surface area contributed by atoms with Crippen LogP contribution in [0.15, 0.2) is 78.9 Å². The third-order valence-corrected chi connectivity index (χ3v) is 5.28. The van der Waals surface area contributed by atoms with E-state index in [1.807, 2.05) is 6.07 Å². The van der Waals surface area contributed by atoms with Crippen LogP contribution in [0.5, 0.6) is 0 Å². The van der Waals surface area contributed by atoms with Gasteiger partial charge in [-0.15, -0.1) is 10.2 Å². The lowest BCUT2D eigenvalue weighted by Gasteiger charge is -2.04. The van der Waals surface area contributed by atoms with Crippen molar-refractivity contribution in [2.45, 2.75) is 0 Å². The van der Waals surface area contributed by atoms with Crippen LogP contribution in [-0.4, -0.2) is 26.8 Å². The number of ketones is 1. The zero-order valence-corrected chi connectivity index (χ0v) is 16.7. The van der Waals surface area contributed by atoms with Gasteiger partial charge in [0.05, 0.1) is 4.92 Å². The summed E-state index contributed by atoms with van der Waals surface area (Å²) in [4.78, 5) is 35.4. The number of nitrogens with one attached hydrogen (secondary N) is 1. The van der Waals surface area contributed by atoms with Crippen LogP contribution < -0.4 is 5.32 Å². The summed E-state index contributed by atoms with van der Waals surface area (Å²) in [5.41, 5.74) is 1.89. The van der Waals surface area contributed by atoms with Crippen molar-refractivity contribution in [3.63, 3.8) is 0 Å². The number of anilines is 1. The van der Waals surface area contributed by atoms with Gasteiger partial charge >= 0.3 is 0 Å². The summed E-state index contributed by atoms with van der Waals surface area (Å²) in [5.74, 6) is -0.529. The van der Waals surface area contributed by atoms with E-state index in [0.29, 0.717) is 27.3 Å². The van der Waals surface area contributed by atoms with Crippen LogP contribution >= 0.6 is 11.3 Å². The second-order valence-electron chi connectivity index (χ2n) is 6.45. The molecule has 0 fully saturated rings. The largest absolute Gasteiger partial charge is 0.296 e. The van der Waals surface area contributed by atoms with Gasteiger partial charge in [0.2, 0.25) is 5.13 Å². The zero-order chi connectivity index (χ0) is 21.8. The molecule has 0 aliphatic heterocycles. The summed E-state index contributed by atoms with van der Waals surface area (Å²) in [6.07, 6.45) is 0. The number of amides is 1. The Morgan fingerprint density at radius 1 is 0.839 bits per heavy atom. The Hall–Kier alpha value is -4.24. The maximum atomic E-state index is 12.5. The summed E-state index contributed by atoms with van der Waals surface area (Å²) in [5, 5.41) is 22.2. The molecule has 9 heteroatoms. The fraction of sp³-hybridized carbons (Fsp3) is 0. The first-order chi connectivity index (χ1) is 15.0. The number of benzene rings is 3. The minimum absolute atomic E-state index is 0.0524. The predicted octanol–water partition coefficient (Wildman–Crippen LogP) is 4.60. The van der Waals surface area contributed by atoms with Crippen LogP contribution in [0.3, 0.4) is 0 Å². The van der Waals surface area contributed by atoms with E-state index in [1.165, 1.54) is 12.1 Å². The van der Waals surface area contributed by atoms with Gasteiger partial charge in [-0.3, -0.25) is 25.0 Å². The minimum Gasteiger partial charge on any atom is -0.296 e. The zero-order valence-electron chi connectivity index (χ0n) is 15.9. The number of nitro groups is 1. The molecule has 0 atom stereocenters. The monoisotopic (exact) mass is 430 g/mol. The highest BCUT2D eigenvalue weighted by Crippen LogP contribution is 2.29. The van der Waals surface area contributed by atoms with E-state index in [4.69, 9.17) is 0 Å². The lowest BCUT2D eigenvalue weighted by atomic mass is 10.0. The molecule has 1 amide bonds. The first-order valence-electron chi connectivity index (χ1n) is 9.11. The van der Waals surface area contributed by atoms with Gasteiger partial charge in [-0.1, -0.05) is 65.9 Å². The van der Waals surface area contributed by atoms with Gasteiger partial charge < -0.3 is 0 Å². The molecule has 1 aromatic heterocycles. The Kier molecular flexibility index (Phi) is 5.59. The molecule has 0 saturated heterocycles. The molecule has 4 rings (SSSR count). The highest BCUT2D eigenvalue weighted by atomic mass is 32.1. The SMILES string of the molecule is O=C(Nc1nnc(-c2cccc([N+](=O)[O-])c2)s1)c1ccc(C(=O)c2ccccc2)cc1. The van der Waals surface area contributed by atoms with Gasteiger partial charge in [-0.2, -0.15) is 0 Å². The fourth-order valence-corrected chi connectivity index (χ4v) is 3.58. The van der Waals surface area contributed by atoms with E-state index in [0.717, 1.165) is 11.3 Å². The molecule has 0 radical (unpaired) electrons. The van der Waals surface area contributed by atoms with Crippen molar-refractivity contribution in [3.8, 4) is 10.6 Å². The molecule has 31 heavy (non-hydrogen) atoms. The molecule has 0 spiro atoms. The molecule has 0 aliphatic rings. The molecule has 0 unspecified atom stereocenters. The number of hydrogen-bond donors (Lipinski definition) is 1. The lowest BCUT2D eigenvalue weighted by Crippen LogP contribution is -2.12. The summed E-state index contributed by atoms with van der Waals surface area (Å²) < 4.78 is 0. The average Bonchev–Trinajstić information content (AvgIpc) is 3.28. The van der Waals surface area contributed by atoms with Crippen LogP contribution in [0.25, 0.3) is 10.6 Å². The third-order valence-electron chi connectivity index (χ3n) is 4.39. The molecule has 0 aliphatic carbocycles. The number of carbonyl (C=O) groups is 2. The van der Waals surface area contributed by atoms with Gasteiger partial charge in [0.1, 0.15) is 5.01 Å². The number of nitro benzene ring substituents is 1. The lowest BCUT2D eigenvalue weighted by molar-refractivity contribution is -0.384. The summed E-state index contributed by atoms with van der Waals surface area (Å²) in [6, 6.07) is 21.2. The number of carbonyl (C=O) groups excluding carboxylic acids is 2. The van der Waals surface area contributed by atoms with Gasteiger partial charge in [-0.25, -0.2) is 0 Å². The molecule has 1 heterocycles. The molecule has 1 N–H and O–H groups in total. The fourth-order valence-electron chi connectivity index (χ4n) is 2.84. The van der Waals surface area contributed by atoms with E-state index in [2.05, 4.69) is 15.5 Å². The molecule has 0 bridgehead atoms. The smallest absolute Gasteiger partial charge is 0.270 e. The topological polar surface area (TPSA) is 115 Å². The molecule has 152 valence electrons. The number of aromatic nitrogens is 2. The van der Waals surface area contributed by atoms with Gasteiger partial charge in [0.25, 0.3) is 11.6 Å². The Morgan fingerprint density at radius 3 is 2.23 bits per heavy atom. The van der Waals surface area contributed by atoms with Gasteiger partial charge in [0, 0.05) is 34.4 Å². The summed E-state index contributed by atoms with van der Waals surface area (Å²) in [7, 11) is 0. The van der Waals surface area contributed by atoms with E-state index in [1.54, 1.807) is 60.7 Å². The highest BCUT2D eigenvalue weighted by molar-refractivity contribution is 7.18. The molecule has 3 aromatic carbocycles. The van der Waals surface area contributed by atoms with Crippen molar-refractivity contribution in [2.24, 2.45) is 0 Å². The Balaban J connectivity index is 1.46. The second-order valence-corrected chi connectivity index (χ2v) is 7.42. The normalized spacial score (nSPS) is 10.5.